The van der Waals surface area contributed by atoms with Crippen molar-refractivity contribution in [3.05, 3.63) is 39.7 Å². The molecule has 1 rings (SSSR count). The number of nitrogens with zero attached hydrogens (tertiary/aromatic N) is 1. The molecule has 0 aliphatic heterocycles. The van der Waals surface area contributed by atoms with E-state index in [4.69, 9.17) is 4.74 Å². The van der Waals surface area contributed by atoms with Gasteiger partial charge < -0.3 is 10.1 Å². The van der Waals surface area contributed by atoms with Crippen LogP contribution in [0.15, 0.2) is 18.2 Å². The van der Waals surface area contributed by atoms with Crippen molar-refractivity contribution in [3.63, 3.8) is 0 Å². The quantitative estimate of drug-likeness (QED) is 0.611. The summed E-state index contributed by atoms with van der Waals surface area (Å²) >= 11 is 0. The molecule has 1 aromatic rings. The number of benzene rings is 1. The average molecular weight is 242 g/mol. The minimum Gasteiger partial charge on any atom is -0.373 e. The fourth-order valence-corrected chi connectivity index (χ4v) is 1.37. The van der Waals surface area contributed by atoms with Crippen LogP contribution in [0.3, 0.4) is 0 Å². The van der Waals surface area contributed by atoms with E-state index in [0.717, 1.165) is 12.1 Å². The zero-order chi connectivity index (χ0) is 12.8. The molecule has 0 amide bonds. The molecule has 1 atom stereocenters. The van der Waals surface area contributed by atoms with E-state index < -0.39 is 16.4 Å². The maximum atomic E-state index is 13.3. The minimum absolute atomic E-state index is 0.00162. The lowest BCUT2D eigenvalue weighted by molar-refractivity contribution is -0.387. The number of ether oxygens (including phenoxy) is 1. The van der Waals surface area contributed by atoms with Crippen LogP contribution in [0.1, 0.15) is 12.5 Å². The molecule has 0 heterocycles. The first-order valence-electron chi connectivity index (χ1n) is 5.23. The Morgan fingerprint density at radius 2 is 2.29 bits per heavy atom. The monoisotopic (exact) mass is 242 g/mol. The molecule has 0 aliphatic carbocycles. The number of nitro groups is 1. The lowest BCUT2D eigenvalue weighted by atomic mass is 10.2. The Kier molecular flexibility index (Phi) is 4.99. The maximum absolute atomic E-state index is 13.3. The van der Waals surface area contributed by atoms with Crippen LogP contribution in [-0.4, -0.2) is 24.6 Å². The Bertz CT molecular complexity index is 398. The Morgan fingerprint density at radius 1 is 1.59 bits per heavy atom. The van der Waals surface area contributed by atoms with Gasteiger partial charge in [0.15, 0.2) is 0 Å². The predicted molar refractivity (Wildman–Crippen MR) is 61.2 cm³/mol. The van der Waals surface area contributed by atoms with Crippen LogP contribution in [0.5, 0.6) is 0 Å². The number of nitrogens with one attached hydrogen (secondary N) is 1. The normalized spacial score (nSPS) is 12.4. The Labute approximate surface area is 98.7 Å². The highest BCUT2D eigenvalue weighted by molar-refractivity contribution is 5.34. The van der Waals surface area contributed by atoms with E-state index >= 15 is 0 Å². The van der Waals surface area contributed by atoms with Gasteiger partial charge in [0.1, 0.15) is 0 Å². The van der Waals surface area contributed by atoms with Crippen LogP contribution in [0.25, 0.3) is 0 Å². The molecule has 1 aromatic carbocycles. The largest absolute Gasteiger partial charge is 0.373 e. The van der Waals surface area contributed by atoms with Gasteiger partial charge in [0, 0.05) is 12.6 Å². The SMILES string of the molecule is CNCC(C)OCc1ccc([N+](=O)[O-])c(F)c1. The van der Waals surface area contributed by atoms with E-state index in [2.05, 4.69) is 5.32 Å². The van der Waals surface area contributed by atoms with Gasteiger partial charge >= 0.3 is 5.69 Å². The third-order valence-corrected chi connectivity index (χ3v) is 2.23. The molecule has 94 valence electrons. The Balaban J connectivity index is 2.62. The van der Waals surface area contributed by atoms with Gasteiger partial charge in [-0.15, -0.1) is 0 Å². The molecule has 0 spiro atoms. The van der Waals surface area contributed by atoms with Crippen LogP contribution in [0, 0.1) is 15.9 Å². The highest BCUT2D eigenvalue weighted by Gasteiger charge is 2.13. The fraction of sp³-hybridized carbons (Fsp3) is 0.455. The zero-order valence-electron chi connectivity index (χ0n) is 9.77. The van der Waals surface area contributed by atoms with Gasteiger partial charge in [0.2, 0.25) is 5.82 Å². The lowest BCUT2D eigenvalue weighted by Crippen LogP contribution is -2.23. The molecule has 1 N–H and O–H groups in total. The summed E-state index contributed by atoms with van der Waals surface area (Å²) in [7, 11) is 1.81. The topological polar surface area (TPSA) is 64.4 Å². The molecule has 0 radical (unpaired) electrons. The molecular formula is C11H15FN2O3. The van der Waals surface area contributed by atoms with Crippen molar-refractivity contribution in [3.8, 4) is 0 Å². The molecule has 0 saturated heterocycles. The van der Waals surface area contributed by atoms with Crippen molar-refractivity contribution in [2.24, 2.45) is 0 Å². The van der Waals surface area contributed by atoms with Crippen LogP contribution in [0.2, 0.25) is 0 Å². The van der Waals surface area contributed by atoms with Gasteiger partial charge in [-0.3, -0.25) is 10.1 Å². The van der Waals surface area contributed by atoms with E-state index in [1.54, 1.807) is 0 Å². The third-order valence-electron chi connectivity index (χ3n) is 2.23. The molecular weight excluding hydrogens is 227 g/mol. The van der Waals surface area contributed by atoms with E-state index in [0.29, 0.717) is 12.1 Å². The first-order valence-corrected chi connectivity index (χ1v) is 5.23. The molecule has 0 aliphatic rings. The summed E-state index contributed by atoms with van der Waals surface area (Å²) in [5.74, 6) is -0.836. The lowest BCUT2D eigenvalue weighted by Gasteiger charge is -2.12. The second-order valence-corrected chi connectivity index (χ2v) is 3.72. The van der Waals surface area contributed by atoms with Crippen molar-refractivity contribution in [2.75, 3.05) is 13.6 Å². The van der Waals surface area contributed by atoms with E-state index in [-0.39, 0.29) is 12.7 Å². The maximum Gasteiger partial charge on any atom is 0.304 e. The molecule has 0 saturated carbocycles. The number of hydrogen-bond donors (Lipinski definition) is 1. The Morgan fingerprint density at radius 3 is 2.82 bits per heavy atom. The van der Waals surface area contributed by atoms with Gasteiger partial charge in [0.05, 0.1) is 17.6 Å². The van der Waals surface area contributed by atoms with Crippen LogP contribution in [-0.2, 0) is 11.3 Å². The number of nitro benzene ring substituents is 1. The highest BCUT2D eigenvalue weighted by atomic mass is 19.1. The molecule has 5 nitrogen and oxygen atoms in total. The first-order chi connectivity index (χ1) is 8.04. The third kappa shape index (κ3) is 4.08. The predicted octanol–water partition coefficient (Wildman–Crippen LogP) is 1.86. The van der Waals surface area contributed by atoms with Crippen LogP contribution >= 0.6 is 0 Å². The number of rotatable bonds is 6. The van der Waals surface area contributed by atoms with Crippen molar-refractivity contribution in [1.29, 1.82) is 0 Å². The molecule has 0 fully saturated rings. The second-order valence-electron chi connectivity index (χ2n) is 3.72. The standard InChI is InChI=1S/C11H15FN2O3/c1-8(6-13-2)17-7-9-3-4-11(14(15)16)10(12)5-9/h3-5,8,13H,6-7H2,1-2H3. The summed E-state index contributed by atoms with van der Waals surface area (Å²) < 4.78 is 18.7. The van der Waals surface area contributed by atoms with Gasteiger partial charge in [0.25, 0.3) is 0 Å². The molecule has 17 heavy (non-hydrogen) atoms. The minimum atomic E-state index is -0.836. The summed E-state index contributed by atoms with van der Waals surface area (Å²) in [6, 6.07) is 3.77. The average Bonchev–Trinajstić information content (AvgIpc) is 2.26. The van der Waals surface area contributed by atoms with Crippen molar-refractivity contribution < 1.29 is 14.1 Å². The van der Waals surface area contributed by atoms with Crippen LogP contribution in [0.4, 0.5) is 10.1 Å². The smallest absolute Gasteiger partial charge is 0.304 e. The Hall–Kier alpha value is -1.53. The number of halogens is 1. The van der Waals surface area contributed by atoms with Crippen molar-refractivity contribution in [1.82, 2.24) is 5.32 Å². The summed E-state index contributed by atoms with van der Waals surface area (Å²) in [6.45, 7) is 2.81. The first kappa shape index (κ1) is 13.5. The number of hydrogen-bond acceptors (Lipinski definition) is 4. The van der Waals surface area contributed by atoms with Gasteiger partial charge in [-0.2, -0.15) is 4.39 Å². The summed E-state index contributed by atoms with van der Waals surface area (Å²) in [6.07, 6.45) is -0.00162. The highest BCUT2D eigenvalue weighted by Crippen LogP contribution is 2.18. The van der Waals surface area contributed by atoms with Crippen molar-refractivity contribution >= 4 is 5.69 Å². The molecule has 0 aromatic heterocycles. The van der Waals surface area contributed by atoms with Crippen molar-refractivity contribution in [2.45, 2.75) is 19.6 Å². The van der Waals surface area contributed by atoms with E-state index in [1.165, 1.54) is 6.07 Å². The van der Waals surface area contributed by atoms with E-state index in [1.807, 2.05) is 14.0 Å². The number of likely N-dealkylation sites (N-methyl/N-ethyl adjacent to an activating group) is 1. The molecule has 0 bridgehead atoms. The van der Waals surface area contributed by atoms with E-state index in [9.17, 15) is 14.5 Å². The summed E-state index contributed by atoms with van der Waals surface area (Å²) in [4.78, 5) is 9.66. The molecule has 1 unspecified atom stereocenters. The van der Waals surface area contributed by atoms with Gasteiger partial charge in [-0.05, 0) is 31.7 Å². The van der Waals surface area contributed by atoms with Gasteiger partial charge in [-0.25, -0.2) is 0 Å². The van der Waals surface area contributed by atoms with Gasteiger partial charge in [-0.1, -0.05) is 0 Å². The van der Waals surface area contributed by atoms with Crippen LogP contribution < -0.4 is 5.32 Å². The zero-order valence-corrected chi connectivity index (χ0v) is 9.77. The molecule has 6 heteroatoms. The summed E-state index contributed by atoms with van der Waals surface area (Å²) in [5, 5.41) is 13.4. The fourth-order valence-electron chi connectivity index (χ4n) is 1.37. The second kappa shape index (κ2) is 6.27. The summed E-state index contributed by atoms with van der Waals surface area (Å²) in [5.41, 5.74) is 0.0630.